The summed E-state index contributed by atoms with van der Waals surface area (Å²) in [5.41, 5.74) is 2.68. The first-order chi connectivity index (χ1) is 14.5. The van der Waals surface area contributed by atoms with Crippen molar-refractivity contribution in [1.82, 2.24) is 14.9 Å². The number of ether oxygens (including phenoxy) is 1. The number of aromatic nitrogens is 2. The van der Waals surface area contributed by atoms with Crippen LogP contribution in [0.15, 0.2) is 67.0 Å². The lowest BCUT2D eigenvalue weighted by Crippen LogP contribution is -2.38. The van der Waals surface area contributed by atoms with Gasteiger partial charge in [-0.1, -0.05) is 30.3 Å². The fourth-order valence-electron chi connectivity index (χ4n) is 3.57. The van der Waals surface area contributed by atoms with Crippen molar-refractivity contribution in [2.75, 3.05) is 19.7 Å². The zero-order valence-corrected chi connectivity index (χ0v) is 16.3. The van der Waals surface area contributed by atoms with E-state index in [0.717, 1.165) is 42.7 Å². The summed E-state index contributed by atoms with van der Waals surface area (Å²) in [7, 11) is 0. The Morgan fingerprint density at radius 3 is 2.63 bits per heavy atom. The van der Waals surface area contributed by atoms with Gasteiger partial charge < -0.3 is 4.74 Å². The molecule has 0 radical (unpaired) electrons. The van der Waals surface area contributed by atoms with Crippen LogP contribution in [0.25, 0.3) is 0 Å². The fourth-order valence-corrected chi connectivity index (χ4v) is 3.57. The van der Waals surface area contributed by atoms with Crippen molar-refractivity contribution in [3.8, 4) is 0 Å². The molecule has 0 saturated carbocycles. The minimum absolute atomic E-state index is 0.134. The molecule has 1 aromatic carbocycles. The molecule has 3 aromatic rings. The van der Waals surface area contributed by atoms with Crippen LogP contribution >= 0.6 is 0 Å². The van der Waals surface area contributed by atoms with E-state index in [2.05, 4.69) is 14.9 Å². The molecule has 7 heteroatoms. The molecule has 4 rings (SSSR count). The van der Waals surface area contributed by atoms with Gasteiger partial charge >= 0.3 is 6.18 Å². The number of hydrogen-bond acceptors (Lipinski definition) is 4. The number of alkyl halides is 3. The molecule has 1 aliphatic heterocycles. The molecule has 1 saturated heterocycles. The van der Waals surface area contributed by atoms with Crippen molar-refractivity contribution in [3.05, 3.63) is 95.1 Å². The Kier molecular flexibility index (Phi) is 6.11. The van der Waals surface area contributed by atoms with E-state index < -0.39 is 11.7 Å². The van der Waals surface area contributed by atoms with Crippen LogP contribution < -0.4 is 0 Å². The fraction of sp³-hybridized carbons (Fsp3) is 0.304. The SMILES string of the molecule is FC(F)(F)c1cccc(Cc2ccc(C3CN(Cc4ccccn4)CCO3)nc2)c1. The quantitative estimate of drug-likeness (QED) is 0.610. The third kappa shape index (κ3) is 5.23. The zero-order chi connectivity index (χ0) is 21.0. The number of benzene rings is 1. The Morgan fingerprint density at radius 1 is 1.00 bits per heavy atom. The van der Waals surface area contributed by atoms with Crippen LogP contribution in [0.4, 0.5) is 13.2 Å². The minimum atomic E-state index is -4.34. The third-order valence-corrected chi connectivity index (χ3v) is 5.10. The van der Waals surface area contributed by atoms with Crippen molar-refractivity contribution in [2.45, 2.75) is 25.2 Å². The average Bonchev–Trinajstić information content (AvgIpc) is 2.75. The van der Waals surface area contributed by atoms with Crippen molar-refractivity contribution in [2.24, 2.45) is 0 Å². The van der Waals surface area contributed by atoms with Gasteiger partial charge in [-0.2, -0.15) is 13.2 Å². The molecule has 30 heavy (non-hydrogen) atoms. The Labute approximate surface area is 173 Å². The summed E-state index contributed by atoms with van der Waals surface area (Å²) in [5.74, 6) is 0. The van der Waals surface area contributed by atoms with Crippen molar-refractivity contribution in [1.29, 1.82) is 0 Å². The number of hydrogen-bond donors (Lipinski definition) is 0. The topological polar surface area (TPSA) is 38.2 Å². The molecule has 2 aromatic heterocycles. The first-order valence-electron chi connectivity index (χ1n) is 9.82. The Balaban J connectivity index is 1.39. The van der Waals surface area contributed by atoms with E-state index in [1.807, 2.05) is 30.3 Å². The molecule has 0 spiro atoms. The van der Waals surface area contributed by atoms with Gasteiger partial charge in [0.1, 0.15) is 6.10 Å². The maximum Gasteiger partial charge on any atom is 0.416 e. The van der Waals surface area contributed by atoms with E-state index >= 15 is 0 Å². The van der Waals surface area contributed by atoms with Gasteiger partial charge in [0, 0.05) is 32.0 Å². The van der Waals surface area contributed by atoms with Gasteiger partial charge in [0.2, 0.25) is 0 Å². The summed E-state index contributed by atoms with van der Waals surface area (Å²) < 4.78 is 44.6. The van der Waals surface area contributed by atoms with E-state index in [1.54, 1.807) is 18.5 Å². The number of halogens is 3. The molecule has 0 N–H and O–H groups in total. The highest BCUT2D eigenvalue weighted by atomic mass is 19.4. The van der Waals surface area contributed by atoms with E-state index in [-0.39, 0.29) is 6.10 Å². The standard InChI is InChI=1S/C23H22F3N3O/c24-23(25,26)19-5-3-4-17(13-19)12-18-7-8-21(28-14-18)22-16-29(10-11-30-22)15-20-6-1-2-9-27-20/h1-9,13-14,22H,10-12,15-16H2. The van der Waals surface area contributed by atoms with Gasteiger partial charge in [0.15, 0.2) is 0 Å². The number of rotatable bonds is 5. The van der Waals surface area contributed by atoms with E-state index in [1.165, 1.54) is 12.1 Å². The number of morpholine rings is 1. The largest absolute Gasteiger partial charge is 0.416 e. The summed E-state index contributed by atoms with van der Waals surface area (Å²) >= 11 is 0. The second-order valence-corrected chi connectivity index (χ2v) is 7.38. The lowest BCUT2D eigenvalue weighted by molar-refractivity contribution is -0.137. The second-order valence-electron chi connectivity index (χ2n) is 7.38. The highest BCUT2D eigenvalue weighted by Crippen LogP contribution is 2.30. The van der Waals surface area contributed by atoms with Gasteiger partial charge in [0.05, 0.1) is 23.6 Å². The lowest BCUT2D eigenvalue weighted by Gasteiger charge is -2.32. The van der Waals surface area contributed by atoms with Crippen LogP contribution in [0.1, 0.15) is 34.2 Å². The van der Waals surface area contributed by atoms with Gasteiger partial charge in [0.25, 0.3) is 0 Å². The summed E-state index contributed by atoms with van der Waals surface area (Å²) in [6, 6.07) is 15.1. The molecular weight excluding hydrogens is 391 g/mol. The van der Waals surface area contributed by atoms with E-state index in [4.69, 9.17) is 4.74 Å². The zero-order valence-electron chi connectivity index (χ0n) is 16.3. The molecule has 3 heterocycles. The van der Waals surface area contributed by atoms with Crippen molar-refractivity contribution < 1.29 is 17.9 Å². The first-order valence-corrected chi connectivity index (χ1v) is 9.82. The Morgan fingerprint density at radius 2 is 1.90 bits per heavy atom. The predicted octanol–water partition coefficient (Wildman–Crippen LogP) is 4.66. The normalized spacial score (nSPS) is 17.8. The molecule has 0 aliphatic carbocycles. The van der Waals surface area contributed by atoms with Crippen LogP contribution in [0.5, 0.6) is 0 Å². The highest BCUT2D eigenvalue weighted by Gasteiger charge is 2.30. The highest BCUT2D eigenvalue weighted by molar-refractivity contribution is 5.30. The molecule has 0 amide bonds. The minimum Gasteiger partial charge on any atom is -0.369 e. The third-order valence-electron chi connectivity index (χ3n) is 5.10. The van der Waals surface area contributed by atoms with Gasteiger partial charge in [-0.05, 0) is 41.8 Å². The van der Waals surface area contributed by atoms with Crippen LogP contribution in [0.3, 0.4) is 0 Å². The van der Waals surface area contributed by atoms with E-state index in [9.17, 15) is 13.2 Å². The smallest absolute Gasteiger partial charge is 0.369 e. The lowest BCUT2D eigenvalue weighted by atomic mass is 10.0. The van der Waals surface area contributed by atoms with Gasteiger partial charge in [-0.15, -0.1) is 0 Å². The molecule has 156 valence electrons. The summed E-state index contributed by atoms with van der Waals surface area (Å²) in [4.78, 5) is 11.2. The molecule has 1 unspecified atom stereocenters. The van der Waals surface area contributed by atoms with Crippen LogP contribution in [-0.4, -0.2) is 34.6 Å². The average molecular weight is 413 g/mol. The summed E-state index contributed by atoms with van der Waals surface area (Å²) in [6.45, 7) is 2.93. The monoisotopic (exact) mass is 413 g/mol. The number of nitrogens with zero attached hydrogens (tertiary/aromatic N) is 3. The summed E-state index contributed by atoms with van der Waals surface area (Å²) in [5, 5.41) is 0. The maximum absolute atomic E-state index is 12.9. The van der Waals surface area contributed by atoms with Crippen molar-refractivity contribution in [3.63, 3.8) is 0 Å². The molecule has 1 atom stereocenters. The maximum atomic E-state index is 12.9. The molecule has 4 nitrogen and oxygen atoms in total. The van der Waals surface area contributed by atoms with Crippen molar-refractivity contribution >= 4 is 0 Å². The molecule has 1 fully saturated rings. The van der Waals surface area contributed by atoms with Gasteiger partial charge in [-0.3, -0.25) is 14.9 Å². The number of pyridine rings is 2. The Hall–Kier alpha value is -2.77. The molecule has 1 aliphatic rings. The van der Waals surface area contributed by atoms with E-state index in [0.29, 0.717) is 18.6 Å². The Bertz CT molecular complexity index is 961. The second kappa shape index (κ2) is 8.93. The molecule has 0 bridgehead atoms. The molecular formula is C23H22F3N3O. The predicted molar refractivity (Wildman–Crippen MR) is 107 cm³/mol. The van der Waals surface area contributed by atoms with Crippen LogP contribution in [0, 0.1) is 0 Å². The van der Waals surface area contributed by atoms with Crippen LogP contribution in [-0.2, 0) is 23.9 Å². The first kappa shape index (κ1) is 20.5. The summed E-state index contributed by atoms with van der Waals surface area (Å²) in [6.07, 6.45) is -0.564. The van der Waals surface area contributed by atoms with Gasteiger partial charge in [-0.25, -0.2) is 0 Å². The van der Waals surface area contributed by atoms with Crippen LogP contribution in [0.2, 0.25) is 0 Å².